The van der Waals surface area contributed by atoms with Gasteiger partial charge in [-0.05, 0) is 24.7 Å². The molecule has 0 atom stereocenters. The first-order chi connectivity index (χ1) is 15.0. The van der Waals surface area contributed by atoms with Gasteiger partial charge in [0, 0.05) is 47.9 Å². The molecule has 1 saturated heterocycles. The molecule has 31 heavy (non-hydrogen) atoms. The number of hydrogen-bond acceptors (Lipinski definition) is 4. The number of benzene rings is 2. The summed E-state index contributed by atoms with van der Waals surface area (Å²) >= 11 is 0. The highest BCUT2D eigenvalue weighted by Gasteiger charge is 2.31. The van der Waals surface area contributed by atoms with Crippen LogP contribution in [0, 0.1) is 11.7 Å². The summed E-state index contributed by atoms with van der Waals surface area (Å²) in [6.07, 6.45) is -2.70. The molecule has 2 aromatic rings. The molecule has 2 heterocycles. The minimum atomic E-state index is -2.65. The topological polar surface area (TPSA) is 31.2 Å². The molecule has 0 radical (unpaired) electrons. The Morgan fingerprint density at radius 1 is 1.16 bits per heavy atom. The van der Waals surface area contributed by atoms with Gasteiger partial charge >= 0.3 is 0 Å². The van der Waals surface area contributed by atoms with E-state index >= 15 is 4.39 Å². The molecule has 0 spiro atoms. The molecule has 0 unspecified atom stereocenters. The lowest BCUT2D eigenvalue weighted by Gasteiger charge is -2.43. The summed E-state index contributed by atoms with van der Waals surface area (Å²) in [5.74, 6) is -0.0662. The quantitative estimate of drug-likeness (QED) is 0.587. The maximum absolute atomic E-state index is 15.0. The zero-order chi connectivity index (χ0) is 22.0. The lowest BCUT2D eigenvalue weighted by Crippen LogP contribution is -2.49. The summed E-state index contributed by atoms with van der Waals surface area (Å²) in [7, 11) is 0. The maximum atomic E-state index is 15.0. The summed E-state index contributed by atoms with van der Waals surface area (Å²) < 4.78 is 40.6. The molecular formula is C24H25F3N4. The van der Waals surface area contributed by atoms with Crippen LogP contribution in [0.5, 0.6) is 0 Å². The fourth-order valence-corrected chi connectivity index (χ4v) is 3.90. The number of anilines is 1. The number of halogens is 3. The number of para-hydroxylation sites is 1. The number of nitrogens with zero attached hydrogens (tertiary/aromatic N) is 4. The van der Waals surface area contributed by atoms with Crippen LogP contribution in [0.15, 0.2) is 71.0 Å². The van der Waals surface area contributed by atoms with E-state index in [0.717, 1.165) is 31.0 Å². The monoisotopic (exact) mass is 426 g/mol. The van der Waals surface area contributed by atoms with E-state index in [1.54, 1.807) is 12.1 Å². The third-order valence-electron chi connectivity index (χ3n) is 5.90. The van der Waals surface area contributed by atoms with Crippen molar-refractivity contribution in [2.75, 3.05) is 24.5 Å². The first-order valence-corrected chi connectivity index (χ1v) is 10.4. The molecule has 4 rings (SSSR count). The lowest BCUT2D eigenvalue weighted by atomic mass is 9.95. The third-order valence-corrected chi connectivity index (χ3v) is 5.90. The molecule has 0 aliphatic carbocycles. The molecule has 0 N–H and O–H groups in total. The van der Waals surface area contributed by atoms with Crippen LogP contribution in [0.3, 0.4) is 0 Å². The molecule has 0 saturated carbocycles. The molecule has 2 aliphatic heterocycles. The molecule has 0 amide bonds. The van der Waals surface area contributed by atoms with E-state index in [9.17, 15) is 8.78 Å². The predicted octanol–water partition coefficient (Wildman–Crippen LogP) is 5.11. The summed E-state index contributed by atoms with van der Waals surface area (Å²) in [6, 6.07) is 14.6. The normalized spacial score (nSPS) is 16.8. The van der Waals surface area contributed by atoms with E-state index in [1.165, 1.54) is 6.07 Å². The van der Waals surface area contributed by atoms with Gasteiger partial charge in [0.05, 0.1) is 12.3 Å². The Balaban J connectivity index is 1.53. The van der Waals surface area contributed by atoms with Gasteiger partial charge in [-0.1, -0.05) is 43.8 Å². The van der Waals surface area contributed by atoms with Crippen molar-refractivity contribution >= 4 is 17.1 Å². The molecule has 7 heteroatoms. The van der Waals surface area contributed by atoms with Crippen molar-refractivity contribution in [3.63, 3.8) is 0 Å². The van der Waals surface area contributed by atoms with Gasteiger partial charge in [0.2, 0.25) is 0 Å². The van der Waals surface area contributed by atoms with Gasteiger partial charge in [0.1, 0.15) is 11.5 Å². The summed E-state index contributed by atoms with van der Waals surface area (Å²) in [4.78, 5) is 4.40. The largest absolute Gasteiger partial charge is 0.341 e. The lowest BCUT2D eigenvalue weighted by molar-refractivity contribution is 0.130. The molecule has 2 aromatic carbocycles. The Morgan fingerprint density at radius 3 is 2.52 bits per heavy atom. The van der Waals surface area contributed by atoms with Gasteiger partial charge in [-0.2, -0.15) is 10.2 Å². The van der Waals surface area contributed by atoms with Crippen LogP contribution in [-0.2, 0) is 6.54 Å². The zero-order valence-electron chi connectivity index (χ0n) is 17.4. The highest BCUT2D eigenvalue weighted by Crippen LogP contribution is 2.31. The second-order valence-corrected chi connectivity index (χ2v) is 7.88. The van der Waals surface area contributed by atoms with Crippen LogP contribution in [-0.4, -0.2) is 42.4 Å². The Morgan fingerprint density at radius 2 is 1.90 bits per heavy atom. The molecular weight excluding hydrogens is 401 g/mol. The minimum Gasteiger partial charge on any atom is -0.341 e. The van der Waals surface area contributed by atoms with Crippen molar-refractivity contribution in [3.8, 4) is 0 Å². The molecule has 162 valence electrons. The summed E-state index contributed by atoms with van der Waals surface area (Å²) in [5.41, 5.74) is 2.99. The van der Waals surface area contributed by atoms with E-state index in [4.69, 9.17) is 0 Å². The number of likely N-dealkylation sites (tertiary alicyclic amines) is 1. The van der Waals surface area contributed by atoms with Gasteiger partial charge in [0.25, 0.3) is 6.43 Å². The van der Waals surface area contributed by atoms with Crippen molar-refractivity contribution in [2.24, 2.45) is 16.1 Å². The van der Waals surface area contributed by atoms with Crippen LogP contribution in [0.25, 0.3) is 0 Å². The Labute approximate surface area is 180 Å². The predicted molar refractivity (Wildman–Crippen MR) is 118 cm³/mol. The van der Waals surface area contributed by atoms with Crippen molar-refractivity contribution in [2.45, 2.75) is 26.3 Å². The highest BCUT2D eigenvalue weighted by atomic mass is 19.3. The zero-order valence-corrected chi connectivity index (χ0v) is 17.4. The smallest absolute Gasteiger partial charge is 0.278 e. The molecule has 0 aromatic heterocycles. The van der Waals surface area contributed by atoms with Crippen LogP contribution in [0.1, 0.15) is 24.5 Å². The first-order valence-electron chi connectivity index (χ1n) is 10.4. The van der Waals surface area contributed by atoms with Crippen molar-refractivity contribution in [1.82, 2.24) is 4.90 Å². The van der Waals surface area contributed by atoms with Gasteiger partial charge < -0.3 is 9.80 Å². The Kier molecular flexibility index (Phi) is 6.23. The average Bonchev–Trinajstić information content (AvgIpc) is 3.23. The fraction of sp³-hybridized carbons (Fsp3) is 0.333. The molecule has 4 nitrogen and oxygen atoms in total. The van der Waals surface area contributed by atoms with Crippen LogP contribution in [0.2, 0.25) is 0 Å². The van der Waals surface area contributed by atoms with Gasteiger partial charge in [-0.15, -0.1) is 0 Å². The highest BCUT2D eigenvalue weighted by molar-refractivity contribution is 6.15. The van der Waals surface area contributed by atoms with Crippen LogP contribution in [0.4, 0.5) is 18.9 Å². The summed E-state index contributed by atoms with van der Waals surface area (Å²) in [5, 5.41) is 7.32. The number of hydrogen-bond donors (Lipinski definition) is 0. The van der Waals surface area contributed by atoms with E-state index in [1.807, 2.05) is 30.3 Å². The van der Waals surface area contributed by atoms with E-state index in [0.29, 0.717) is 29.3 Å². The van der Waals surface area contributed by atoms with Gasteiger partial charge in [-0.25, -0.2) is 13.2 Å². The number of alkyl halides is 2. The molecule has 1 fully saturated rings. The molecule has 0 bridgehead atoms. The van der Waals surface area contributed by atoms with Gasteiger partial charge in [0.15, 0.2) is 0 Å². The van der Waals surface area contributed by atoms with Crippen molar-refractivity contribution in [1.29, 1.82) is 0 Å². The average molecular weight is 426 g/mol. The third kappa shape index (κ3) is 4.56. The van der Waals surface area contributed by atoms with Crippen molar-refractivity contribution in [3.05, 3.63) is 77.8 Å². The number of rotatable bonds is 8. The maximum Gasteiger partial charge on any atom is 0.278 e. The first kappa shape index (κ1) is 21.3. The minimum absolute atomic E-state index is 0.0565. The second-order valence-electron chi connectivity index (χ2n) is 7.88. The fourth-order valence-electron chi connectivity index (χ4n) is 3.90. The van der Waals surface area contributed by atoms with Crippen LogP contribution < -0.4 is 4.90 Å². The van der Waals surface area contributed by atoms with Crippen LogP contribution >= 0.6 is 0 Å². The van der Waals surface area contributed by atoms with E-state index in [-0.39, 0.29) is 12.1 Å². The van der Waals surface area contributed by atoms with E-state index < -0.39 is 12.2 Å². The van der Waals surface area contributed by atoms with E-state index in [2.05, 4.69) is 33.5 Å². The SMILES string of the molecule is C=C(C1CN(CC)C1)N(Cc1ccc(C2=NN=C(C(F)F)C2)cc1F)c1ccccc1. The Bertz CT molecular complexity index is 1010. The standard InChI is InChI=1S/C24H25F3N4/c1-3-30-13-19(14-30)16(2)31(20-7-5-4-6-8-20)15-18-10-9-17(11-21(18)25)22-12-23(24(26)27)29-28-22/h4-11,19,24H,2-3,12-15H2,1H3. The van der Waals surface area contributed by atoms with Crippen molar-refractivity contribution < 1.29 is 13.2 Å². The summed E-state index contributed by atoms with van der Waals surface area (Å²) in [6.45, 7) is 9.70. The second kappa shape index (κ2) is 9.06. The Hall–Kier alpha value is -2.93. The van der Waals surface area contributed by atoms with Gasteiger partial charge in [-0.3, -0.25) is 0 Å². The molecule has 2 aliphatic rings.